The van der Waals surface area contributed by atoms with Crippen LogP contribution in [0.3, 0.4) is 0 Å². The Morgan fingerprint density at radius 2 is 2.11 bits per heavy atom. The summed E-state index contributed by atoms with van der Waals surface area (Å²) in [5, 5.41) is 12.4. The van der Waals surface area contributed by atoms with Gasteiger partial charge in [-0.15, -0.1) is 0 Å². The number of benzene rings is 1. The van der Waals surface area contributed by atoms with Gasteiger partial charge in [0.25, 0.3) is 0 Å². The molecule has 1 aromatic carbocycles. The van der Waals surface area contributed by atoms with Crippen molar-refractivity contribution in [2.75, 3.05) is 25.1 Å². The van der Waals surface area contributed by atoms with E-state index in [0.29, 0.717) is 5.56 Å². The molecule has 1 aliphatic rings. The van der Waals surface area contributed by atoms with E-state index in [2.05, 4.69) is 12.2 Å². The van der Waals surface area contributed by atoms with Crippen LogP contribution in [-0.4, -0.2) is 30.8 Å². The topological polar surface area (TPSA) is 58.6 Å². The zero-order valence-corrected chi connectivity index (χ0v) is 11.5. The van der Waals surface area contributed by atoms with E-state index in [9.17, 15) is 4.79 Å². The van der Waals surface area contributed by atoms with Gasteiger partial charge in [0.2, 0.25) is 0 Å². The van der Waals surface area contributed by atoms with Gasteiger partial charge >= 0.3 is 5.97 Å². The van der Waals surface area contributed by atoms with Gasteiger partial charge in [-0.3, -0.25) is 0 Å². The van der Waals surface area contributed by atoms with Gasteiger partial charge < -0.3 is 15.2 Å². The van der Waals surface area contributed by atoms with Crippen LogP contribution in [0.15, 0.2) is 18.2 Å². The summed E-state index contributed by atoms with van der Waals surface area (Å²) >= 11 is 0. The van der Waals surface area contributed by atoms with Crippen molar-refractivity contribution in [3.8, 4) is 0 Å². The number of nitrogens with one attached hydrogen (secondary N) is 1. The molecular formula is C15H21NO3. The number of rotatable bonds is 4. The molecule has 4 nitrogen and oxygen atoms in total. The Hall–Kier alpha value is -1.55. The van der Waals surface area contributed by atoms with Crippen LogP contribution >= 0.6 is 0 Å². The minimum Gasteiger partial charge on any atom is -0.478 e. The first-order valence-electron chi connectivity index (χ1n) is 6.66. The summed E-state index contributed by atoms with van der Waals surface area (Å²) in [6.45, 7) is 6.75. The summed E-state index contributed by atoms with van der Waals surface area (Å²) in [5.74, 6) is -0.883. The highest BCUT2D eigenvalue weighted by atomic mass is 16.5. The highest BCUT2D eigenvalue weighted by Gasteiger charge is 2.27. The van der Waals surface area contributed by atoms with E-state index in [-0.39, 0.29) is 5.41 Å². The molecule has 0 saturated carbocycles. The maximum absolute atomic E-state index is 10.9. The Labute approximate surface area is 113 Å². The number of carboxylic acid groups (broad SMARTS) is 1. The molecule has 1 aromatic rings. The molecule has 1 aliphatic heterocycles. The van der Waals surface area contributed by atoms with Gasteiger partial charge in [-0.2, -0.15) is 0 Å². The molecule has 0 atom stereocenters. The van der Waals surface area contributed by atoms with Crippen molar-refractivity contribution < 1.29 is 14.6 Å². The van der Waals surface area contributed by atoms with Crippen molar-refractivity contribution in [1.82, 2.24) is 0 Å². The van der Waals surface area contributed by atoms with E-state index in [4.69, 9.17) is 9.84 Å². The predicted octanol–water partition coefficient (Wildman–Crippen LogP) is 2.92. The Morgan fingerprint density at radius 3 is 2.68 bits per heavy atom. The summed E-state index contributed by atoms with van der Waals surface area (Å²) < 4.78 is 5.39. The highest BCUT2D eigenvalue weighted by molar-refractivity contribution is 5.88. The van der Waals surface area contributed by atoms with Gasteiger partial charge in [-0.05, 0) is 48.9 Å². The fourth-order valence-electron chi connectivity index (χ4n) is 2.34. The summed E-state index contributed by atoms with van der Waals surface area (Å²) in [4.78, 5) is 10.9. The second kappa shape index (κ2) is 5.61. The molecule has 1 fully saturated rings. The number of hydrogen-bond donors (Lipinski definition) is 2. The van der Waals surface area contributed by atoms with E-state index >= 15 is 0 Å². The number of ether oxygens (including phenoxy) is 1. The first-order chi connectivity index (χ1) is 9.00. The van der Waals surface area contributed by atoms with Crippen LogP contribution in [0.1, 0.15) is 35.7 Å². The van der Waals surface area contributed by atoms with E-state index in [1.807, 2.05) is 13.0 Å². The summed E-state index contributed by atoms with van der Waals surface area (Å²) in [6, 6.07) is 5.20. The molecule has 104 valence electrons. The first kappa shape index (κ1) is 13.9. The Morgan fingerprint density at radius 1 is 1.42 bits per heavy atom. The molecule has 1 saturated heterocycles. The molecule has 0 bridgehead atoms. The van der Waals surface area contributed by atoms with E-state index in [0.717, 1.165) is 43.9 Å². The van der Waals surface area contributed by atoms with E-state index in [1.165, 1.54) is 0 Å². The van der Waals surface area contributed by atoms with Crippen LogP contribution in [-0.2, 0) is 4.74 Å². The standard InChI is InChI=1S/C15H21NO3/c1-11-9-12(14(17)18)3-4-13(11)16-10-15(2)5-7-19-8-6-15/h3-4,9,16H,5-8,10H2,1-2H3,(H,17,18). The van der Waals surface area contributed by atoms with Crippen molar-refractivity contribution >= 4 is 11.7 Å². The lowest BCUT2D eigenvalue weighted by Gasteiger charge is -2.34. The molecule has 1 heterocycles. The SMILES string of the molecule is Cc1cc(C(=O)O)ccc1NCC1(C)CCOCC1. The second-order valence-corrected chi connectivity index (χ2v) is 5.61. The lowest BCUT2D eigenvalue weighted by atomic mass is 9.82. The van der Waals surface area contributed by atoms with Crippen molar-refractivity contribution in [3.05, 3.63) is 29.3 Å². The maximum Gasteiger partial charge on any atom is 0.335 e. The molecule has 4 heteroatoms. The van der Waals surface area contributed by atoms with Gasteiger partial charge in [0, 0.05) is 25.4 Å². The van der Waals surface area contributed by atoms with Crippen molar-refractivity contribution in [2.24, 2.45) is 5.41 Å². The molecule has 0 aromatic heterocycles. The predicted molar refractivity (Wildman–Crippen MR) is 74.8 cm³/mol. The van der Waals surface area contributed by atoms with Crippen molar-refractivity contribution in [3.63, 3.8) is 0 Å². The fraction of sp³-hybridized carbons (Fsp3) is 0.533. The summed E-state index contributed by atoms with van der Waals surface area (Å²) in [5.41, 5.74) is 2.57. The number of aromatic carboxylic acids is 1. The number of aryl methyl sites for hydroxylation is 1. The average molecular weight is 263 g/mol. The van der Waals surface area contributed by atoms with Gasteiger partial charge in [0.1, 0.15) is 0 Å². The van der Waals surface area contributed by atoms with Crippen LogP contribution in [0.25, 0.3) is 0 Å². The summed E-state index contributed by atoms with van der Waals surface area (Å²) in [7, 11) is 0. The van der Waals surface area contributed by atoms with Crippen molar-refractivity contribution in [2.45, 2.75) is 26.7 Å². The minimum absolute atomic E-state index is 0.260. The lowest BCUT2D eigenvalue weighted by Crippen LogP contribution is -2.33. The van der Waals surface area contributed by atoms with Crippen LogP contribution in [0.4, 0.5) is 5.69 Å². The van der Waals surface area contributed by atoms with Crippen LogP contribution in [0.2, 0.25) is 0 Å². The van der Waals surface area contributed by atoms with E-state index in [1.54, 1.807) is 12.1 Å². The molecule has 0 aliphatic carbocycles. The van der Waals surface area contributed by atoms with Gasteiger partial charge in [0.05, 0.1) is 5.56 Å². The lowest BCUT2D eigenvalue weighted by molar-refractivity contribution is 0.0300. The summed E-state index contributed by atoms with van der Waals surface area (Å²) in [6.07, 6.45) is 2.12. The molecule has 19 heavy (non-hydrogen) atoms. The normalized spacial score (nSPS) is 18.0. The Bertz CT molecular complexity index is 464. The quantitative estimate of drug-likeness (QED) is 0.877. The number of hydrogen-bond acceptors (Lipinski definition) is 3. The zero-order chi connectivity index (χ0) is 13.9. The fourth-order valence-corrected chi connectivity index (χ4v) is 2.34. The minimum atomic E-state index is -0.883. The van der Waals surface area contributed by atoms with Gasteiger partial charge in [-0.25, -0.2) is 4.79 Å². The molecule has 0 radical (unpaired) electrons. The average Bonchev–Trinajstić information content (AvgIpc) is 2.38. The Kier molecular flexibility index (Phi) is 4.10. The van der Waals surface area contributed by atoms with Crippen LogP contribution in [0, 0.1) is 12.3 Å². The van der Waals surface area contributed by atoms with Crippen LogP contribution in [0.5, 0.6) is 0 Å². The molecule has 0 unspecified atom stereocenters. The molecular weight excluding hydrogens is 242 g/mol. The van der Waals surface area contributed by atoms with Crippen LogP contribution < -0.4 is 5.32 Å². The smallest absolute Gasteiger partial charge is 0.335 e. The van der Waals surface area contributed by atoms with Crippen molar-refractivity contribution in [1.29, 1.82) is 0 Å². The highest BCUT2D eigenvalue weighted by Crippen LogP contribution is 2.30. The third-order valence-electron chi connectivity index (χ3n) is 3.88. The third kappa shape index (κ3) is 3.47. The monoisotopic (exact) mass is 263 g/mol. The number of anilines is 1. The van der Waals surface area contributed by atoms with Gasteiger partial charge in [-0.1, -0.05) is 6.92 Å². The second-order valence-electron chi connectivity index (χ2n) is 5.61. The van der Waals surface area contributed by atoms with E-state index < -0.39 is 5.97 Å². The number of carboxylic acids is 1. The maximum atomic E-state index is 10.9. The molecule has 0 spiro atoms. The zero-order valence-electron chi connectivity index (χ0n) is 11.5. The molecule has 2 rings (SSSR count). The first-order valence-corrected chi connectivity index (χ1v) is 6.66. The number of carbonyl (C=O) groups is 1. The van der Waals surface area contributed by atoms with Gasteiger partial charge in [0.15, 0.2) is 0 Å². The largest absolute Gasteiger partial charge is 0.478 e. The Balaban J connectivity index is 2.01. The molecule has 0 amide bonds. The third-order valence-corrected chi connectivity index (χ3v) is 3.88. The molecule has 2 N–H and O–H groups in total.